The Bertz CT molecular complexity index is 182. The molecule has 0 saturated carbocycles. The molecule has 0 aromatic heterocycles. The van der Waals surface area contributed by atoms with Crippen molar-refractivity contribution in [3.05, 3.63) is 19.6 Å². The molecule has 0 spiro atoms. The van der Waals surface area contributed by atoms with Crippen molar-refractivity contribution < 1.29 is 14.6 Å². The van der Waals surface area contributed by atoms with Gasteiger partial charge in [-0.1, -0.05) is 13.5 Å². The van der Waals surface area contributed by atoms with Crippen molar-refractivity contribution in [2.75, 3.05) is 13.2 Å². The molecule has 2 atom stereocenters. The molecular weight excluding hydrogens is 182 g/mol. The molecule has 4 heteroatoms. The van der Waals surface area contributed by atoms with E-state index in [1.165, 1.54) is 0 Å². The van der Waals surface area contributed by atoms with E-state index < -0.39 is 6.10 Å². The van der Waals surface area contributed by atoms with Crippen LogP contribution in [0, 0.1) is 6.92 Å². The number of hydrogen-bond donors (Lipinski definition) is 2. The van der Waals surface area contributed by atoms with Gasteiger partial charge >= 0.3 is 0 Å². The van der Waals surface area contributed by atoms with Crippen LogP contribution in [0.2, 0.25) is 0 Å². The van der Waals surface area contributed by atoms with Crippen LogP contribution in [0.15, 0.2) is 12.7 Å². The molecule has 0 rings (SSSR count). The Hall–Kier alpha value is -0.870. The van der Waals surface area contributed by atoms with Gasteiger partial charge in [0.15, 0.2) is 0 Å². The maximum absolute atomic E-state index is 10.7. The van der Waals surface area contributed by atoms with Gasteiger partial charge in [-0.25, -0.2) is 0 Å². The maximum atomic E-state index is 10.7. The summed E-state index contributed by atoms with van der Waals surface area (Å²) < 4.78 is 5.23. The summed E-state index contributed by atoms with van der Waals surface area (Å²) >= 11 is 0. The quantitative estimate of drug-likeness (QED) is 0.580. The monoisotopic (exact) mass is 200 g/mol. The highest BCUT2D eigenvalue weighted by molar-refractivity contribution is 5.86. The molecule has 1 amide bonds. The third-order valence-corrected chi connectivity index (χ3v) is 1.68. The molecule has 0 aromatic carbocycles. The highest BCUT2D eigenvalue weighted by atomic mass is 16.5. The average molecular weight is 200 g/mol. The highest BCUT2D eigenvalue weighted by Crippen LogP contribution is 1.96. The number of amides is 1. The highest BCUT2D eigenvalue weighted by Gasteiger charge is 2.07. The molecule has 0 aliphatic carbocycles. The maximum Gasteiger partial charge on any atom is 0.243 e. The van der Waals surface area contributed by atoms with Gasteiger partial charge in [0, 0.05) is 6.54 Å². The summed E-state index contributed by atoms with van der Waals surface area (Å²) in [6.07, 6.45) is 1.16. The normalized spacial score (nSPS) is 14.5. The minimum atomic E-state index is -0.687. The predicted molar refractivity (Wildman–Crippen MR) is 54.6 cm³/mol. The van der Waals surface area contributed by atoms with E-state index in [9.17, 15) is 9.90 Å². The Morgan fingerprint density at radius 3 is 2.86 bits per heavy atom. The number of aliphatic hydroxyl groups is 1. The fourth-order valence-electron chi connectivity index (χ4n) is 0.708. The average Bonchev–Trinajstić information content (AvgIpc) is 2.22. The third kappa shape index (κ3) is 6.62. The SMILES string of the molecule is [CH2]CC(C)OCC(O)CNC(=O)C=C. The Morgan fingerprint density at radius 2 is 2.36 bits per heavy atom. The first-order valence-corrected chi connectivity index (χ1v) is 4.59. The van der Waals surface area contributed by atoms with Crippen LogP contribution in [-0.2, 0) is 9.53 Å². The lowest BCUT2D eigenvalue weighted by Gasteiger charge is -2.15. The van der Waals surface area contributed by atoms with Gasteiger partial charge in [-0.15, -0.1) is 0 Å². The zero-order chi connectivity index (χ0) is 11.0. The summed E-state index contributed by atoms with van der Waals surface area (Å²) in [5.41, 5.74) is 0. The third-order valence-electron chi connectivity index (χ3n) is 1.68. The van der Waals surface area contributed by atoms with Gasteiger partial charge in [0.1, 0.15) is 0 Å². The van der Waals surface area contributed by atoms with Crippen molar-refractivity contribution in [1.82, 2.24) is 5.32 Å². The molecule has 1 radical (unpaired) electrons. The summed E-state index contributed by atoms with van der Waals surface area (Å²) in [6, 6.07) is 0. The topological polar surface area (TPSA) is 58.6 Å². The van der Waals surface area contributed by atoms with Crippen molar-refractivity contribution in [2.45, 2.75) is 25.6 Å². The molecule has 0 aliphatic heterocycles. The lowest BCUT2D eigenvalue weighted by atomic mass is 10.3. The van der Waals surface area contributed by atoms with Crippen LogP contribution in [0.1, 0.15) is 13.3 Å². The van der Waals surface area contributed by atoms with Gasteiger partial charge in [-0.3, -0.25) is 4.79 Å². The largest absolute Gasteiger partial charge is 0.389 e. The Labute approximate surface area is 85.0 Å². The molecule has 0 aliphatic rings. The van der Waals surface area contributed by atoms with Gasteiger partial charge in [-0.05, 0) is 19.4 Å². The van der Waals surface area contributed by atoms with E-state index in [-0.39, 0.29) is 25.2 Å². The fraction of sp³-hybridized carbons (Fsp3) is 0.600. The molecular formula is C10H18NO3. The van der Waals surface area contributed by atoms with E-state index in [4.69, 9.17) is 4.74 Å². The molecule has 2 unspecified atom stereocenters. The summed E-state index contributed by atoms with van der Waals surface area (Å²) in [5, 5.41) is 11.8. The zero-order valence-electron chi connectivity index (χ0n) is 8.53. The van der Waals surface area contributed by atoms with Crippen LogP contribution in [-0.4, -0.2) is 36.4 Å². The van der Waals surface area contributed by atoms with Gasteiger partial charge in [0.05, 0.1) is 18.8 Å². The molecule has 14 heavy (non-hydrogen) atoms. The van der Waals surface area contributed by atoms with Crippen molar-refractivity contribution in [1.29, 1.82) is 0 Å². The standard InChI is InChI=1S/C10H18NO3/c1-4-8(3)14-7-9(12)6-11-10(13)5-2/h5,8-9,12H,1-2,4,6-7H2,3H3,(H,11,13). The number of ether oxygens (including phenoxy) is 1. The van der Waals surface area contributed by atoms with E-state index >= 15 is 0 Å². The van der Waals surface area contributed by atoms with Gasteiger partial charge in [0.2, 0.25) is 5.91 Å². The zero-order valence-corrected chi connectivity index (χ0v) is 8.53. The van der Waals surface area contributed by atoms with Crippen LogP contribution >= 0.6 is 0 Å². The first-order chi connectivity index (χ1) is 6.60. The Kier molecular flexibility index (Phi) is 7.06. The second kappa shape index (κ2) is 7.53. The molecule has 0 saturated heterocycles. The van der Waals surface area contributed by atoms with Crippen LogP contribution in [0.4, 0.5) is 0 Å². The van der Waals surface area contributed by atoms with Crippen LogP contribution in [0.3, 0.4) is 0 Å². The van der Waals surface area contributed by atoms with Gasteiger partial charge in [0.25, 0.3) is 0 Å². The number of rotatable bonds is 7. The first kappa shape index (κ1) is 13.1. The first-order valence-electron chi connectivity index (χ1n) is 4.59. The Balaban J connectivity index is 3.50. The second-order valence-electron chi connectivity index (χ2n) is 3.04. The summed E-state index contributed by atoms with van der Waals surface area (Å²) in [6.45, 7) is 9.21. The molecule has 0 bridgehead atoms. The number of carbonyl (C=O) groups is 1. The molecule has 4 nitrogen and oxygen atoms in total. The van der Waals surface area contributed by atoms with Crippen molar-refractivity contribution in [3.8, 4) is 0 Å². The minimum absolute atomic E-state index is 0.0276. The van der Waals surface area contributed by atoms with Crippen LogP contribution in [0.25, 0.3) is 0 Å². The van der Waals surface area contributed by atoms with E-state index in [1.807, 2.05) is 6.92 Å². The molecule has 0 aromatic rings. The molecule has 0 fully saturated rings. The lowest BCUT2D eigenvalue weighted by molar-refractivity contribution is -0.117. The van der Waals surface area contributed by atoms with E-state index in [1.54, 1.807) is 0 Å². The van der Waals surface area contributed by atoms with E-state index in [0.29, 0.717) is 6.42 Å². The smallest absolute Gasteiger partial charge is 0.243 e. The molecule has 0 heterocycles. The predicted octanol–water partition coefficient (Wildman–Crippen LogP) is 0.279. The van der Waals surface area contributed by atoms with Crippen LogP contribution < -0.4 is 5.32 Å². The summed E-state index contributed by atoms with van der Waals surface area (Å²) in [7, 11) is 0. The number of aliphatic hydroxyl groups excluding tert-OH is 1. The number of carbonyl (C=O) groups excluding carboxylic acids is 1. The van der Waals surface area contributed by atoms with Crippen LogP contribution in [0.5, 0.6) is 0 Å². The molecule has 2 N–H and O–H groups in total. The van der Waals surface area contributed by atoms with Crippen molar-refractivity contribution in [2.24, 2.45) is 0 Å². The minimum Gasteiger partial charge on any atom is -0.389 e. The van der Waals surface area contributed by atoms with Gasteiger partial charge < -0.3 is 15.2 Å². The van der Waals surface area contributed by atoms with E-state index in [0.717, 1.165) is 6.08 Å². The number of hydrogen-bond acceptors (Lipinski definition) is 3. The summed E-state index contributed by atoms with van der Waals surface area (Å²) in [5.74, 6) is -0.297. The number of nitrogens with one attached hydrogen (secondary N) is 1. The molecule has 81 valence electrons. The Morgan fingerprint density at radius 1 is 1.71 bits per heavy atom. The van der Waals surface area contributed by atoms with E-state index in [2.05, 4.69) is 18.8 Å². The van der Waals surface area contributed by atoms with Crippen molar-refractivity contribution >= 4 is 5.91 Å². The summed E-state index contributed by atoms with van der Waals surface area (Å²) in [4.78, 5) is 10.7. The van der Waals surface area contributed by atoms with Gasteiger partial charge in [-0.2, -0.15) is 0 Å². The lowest BCUT2D eigenvalue weighted by Crippen LogP contribution is -2.34. The van der Waals surface area contributed by atoms with Crippen molar-refractivity contribution in [3.63, 3.8) is 0 Å². The second-order valence-corrected chi connectivity index (χ2v) is 3.04. The fourth-order valence-corrected chi connectivity index (χ4v) is 0.708.